The van der Waals surface area contributed by atoms with E-state index in [0.29, 0.717) is 0 Å². The summed E-state index contributed by atoms with van der Waals surface area (Å²) in [6.45, 7) is 5.93. The summed E-state index contributed by atoms with van der Waals surface area (Å²) in [4.78, 5) is 14.9. The molecule has 1 amide bonds. The molecule has 2 N–H and O–H groups in total. The van der Waals surface area contributed by atoms with Gasteiger partial charge in [-0.15, -0.1) is 0 Å². The molecule has 0 unspecified atom stereocenters. The number of nitrogens with two attached hydrogens (primary N) is 1. The molecule has 1 aliphatic heterocycles. The lowest BCUT2D eigenvalue weighted by Crippen LogP contribution is -2.42. The van der Waals surface area contributed by atoms with E-state index in [1.54, 1.807) is 0 Å². The van der Waals surface area contributed by atoms with Crippen molar-refractivity contribution in [3.8, 4) is 0 Å². The van der Waals surface area contributed by atoms with E-state index in [2.05, 4.69) is 32.0 Å². The highest BCUT2D eigenvalue weighted by atomic mass is 16.2. The molecule has 1 heterocycles. The van der Waals surface area contributed by atoms with E-state index in [-0.39, 0.29) is 11.4 Å². The Morgan fingerprint density at radius 1 is 1.24 bits per heavy atom. The van der Waals surface area contributed by atoms with Crippen LogP contribution in [0.4, 0.5) is 0 Å². The van der Waals surface area contributed by atoms with Gasteiger partial charge in [0.25, 0.3) is 0 Å². The van der Waals surface area contributed by atoms with Gasteiger partial charge in [-0.1, -0.05) is 24.3 Å². The van der Waals surface area contributed by atoms with Crippen LogP contribution in [0.15, 0.2) is 24.3 Å². The maximum Gasteiger partial charge on any atom is 0.232 e. The smallest absolute Gasteiger partial charge is 0.232 e. The minimum Gasteiger partial charge on any atom is -0.342 e. The summed E-state index contributed by atoms with van der Waals surface area (Å²) in [6.07, 6.45) is 5.36. The van der Waals surface area contributed by atoms with Crippen LogP contribution < -0.4 is 5.73 Å². The maximum absolute atomic E-state index is 12.9. The lowest BCUT2D eigenvalue weighted by Gasteiger charge is -2.31. The second kappa shape index (κ2) is 5.13. The molecule has 1 aromatic carbocycles. The van der Waals surface area contributed by atoms with Gasteiger partial charge >= 0.3 is 0 Å². The van der Waals surface area contributed by atoms with Crippen molar-refractivity contribution in [3.63, 3.8) is 0 Å². The Morgan fingerprint density at radius 2 is 1.86 bits per heavy atom. The molecule has 3 rings (SSSR count). The van der Waals surface area contributed by atoms with Gasteiger partial charge < -0.3 is 10.6 Å². The normalized spacial score (nSPS) is 20.6. The molecule has 0 aromatic heterocycles. The third kappa shape index (κ3) is 2.84. The number of benzene rings is 1. The van der Waals surface area contributed by atoms with Crippen LogP contribution in [0.2, 0.25) is 0 Å². The average molecular weight is 286 g/mol. The van der Waals surface area contributed by atoms with Crippen molar-refractivity contribution < 1.29 is 4.79 Å². The van der Waals surface area contributed by atoms with Gasteiger partial charge in [0.05, 0.1) is 5.41 Å². The largest absolute Gasteiger partial charge is 0.342 e. The Hall–Kier alpha value is -1.35. The van der Waals surface area contributed by atoms with Crippen molar-refractivity contribution in [2.45, 2.75) is 56.9 Å². The van der Waals surface area contributed by atoms with Crippen LogP contribution in [0, 0.1) is 0 Å². The first-order valence-corrected chi connectivity index (χ1v) is 8.09. The Bertz CT molecular complexity index is 540. The van der Waals surface area contributed by atoms with Crippen LogP contribution in [0.3, 0.4) is 0 Å². The van der Waals surface area contributed by atoms with E-state index in [9.17, 15) is 4.79 Å². The summed E-state index contributed by atoms with van der Waals surface area (Å²) in [5, 5.41) is 0. The number of carbonyl (C=O) groups excluding carboxylic acids is 1. The number of carbonyl (C=O) groups is 1. The van der Waals surface area contributed by atoms with Gasteiger partial charge in [-0.25, -0.2) is 0 Å². The van der Waals surface area contributed by atoms with Gasteiger partial charge in [0.1, 0.15) is 0 Å². The van der Waals surface area contributed by atoms with Crippen molar-refractivity contribution in [1.82, 2.24) is 4.90 Å². The summed E-state index contributed by atoms with van der Waals surface area (Å²) in [6, 6.07) is 8.34. The standard InChI is InChI=1S/C18H26N2O/c1-17(2,16(21)20-11-5-6-12-20)15-8-4-3-7-14(15)13-18(19)9-10-18/h3-4,7-8H,5-6,9-13,19H2,1-2H3. The van der Waals surface area contributed by atoms with Crippen LogP contribution >= 0.6 is 0 Å². The predicted octanol–water partition coefficient (Wildman–Crippen LogP) is 2.62. The molecule has 0 spiro atoms. The summed E-state index contributed by atoms with van der Waals surface area (Å²) in [7, 11) is 0. The average Bonchev–Trinajstić information content (AvgIpc) is 2.96. The number of amides is 1. The first-order chi connectivity index (χ1) is 9.92. The SMILES string of the molecule is CC(C)(C(=O)N1CCCC1)c1ccccc1CC1(N)CC1. The topological polar surface area (TPSA) is 46.3 Å². The van der Waals surface area contributed by atoms with Gasteiger partial charge in [0, 0.05) is 18.6 Å². The fourth-order valence-electron chi connectivity index (χ4n) is 3.43. The Morgan fingerprint density at radius 3 is 2.48 bits per heavy atom. The minimum atomic E-state index is -0.466. The zero-order valence-corrected chi connectivity index (χ0v) is 13.2. The van der Waals surface area contributed by atoms with E-state index in [1.165, 1.54) is 5.56 Å². The van der Waals surface area contributed by atoms with Gasteiger partial charge in [-0.2, -0.15) is 0 Å². The maximum atomic E-state index is 12.9. The van der Waals surface area contributed by atoms with E-state index < -0.39 is 5.41 Å². The number of hydrogen-bond donors (Lipinski definition) is 1. The zero-order valence-electron chi connectivity index (χ0n) is 13.2. The summed E-state index contributed by atoms with van der Waals surface area (Å²) >= 11 is 0. The molecule has 0 atom stereocenters. The monoisotopic (exact) mass is 286 g/mol. The molecular weight excluding hydrogens is 260 g/mol. The van der Waals surface area contributed by atoms with Crippen molar-refractivity contribution in [2.75, 3.05) is 13.1 Å². The molecule has 1 aromatic rings. The van der Waals surface area contributed by atoms with Crippen molar-refractivity contribution >= 4 is 5.91 Å². The highest BCUT2D eigenvalue weighted by molar-refractivity contribution is 5.88. The third-order valence-electron chi connectivity index (χ3n) is 5.05. The van der Waals surface area contributed by atoms with Gasteiger partial charge in [0.2, 0.25) is 5.91 Å². The molecule has 1 aliphatic carbocycles. The minimum absolute atomic E-state index is 0.0249. The van der Waals surface area contributed by atoms with Crippen molar-refractivity contribution in [1.29, 1.82) is 0 Å². The first-order valence-electron chi connectivity index (χ1n) is 8.09. The fourth-order valence-corrected chi connectivity index (χ4v) is 3.43. The molecule has 2 aliphatic rings. The molecule has 0 radical (unpaired) electrons. The van der Waals surface area contributed by atoms with E-state index in [4.69, 9.17) is 5.73 Å². The Labute approximate surface area is 127 Å². The number of likely N-dealkylation sites (tertiary alicyclic amines) is 1. The number of rotatable bonds is 4. The second-order valence-electron chi connectivity index (χ2n) is 7.32. The molecule has 0 bridgehead atoms. The predicted molar refractivity (Wildman–Crippen MR) is 85.1 cm³/mol. The van der Waals surface area contributed by atoms with Gasteiger partial charge in [0.15, 0.2) is 0 Å². The van der Waals surface area contributed by atoms with Crippen LogP contribution in [-0.4, -0.2) is 29.4 Å². The van der Waals surface area contributed by atoms with Crippen molar-refractivity contribution in [3.05, 3.63) is 35.4 Å². The summed E-state index contributed by atoms with van der Waals surface area (Å²) < 4.78 is 0. The highest BCUT2D eigenvalue weighted by Crippen LogP contribution is 2.39. The van der Waals surface area contributed by atoms with Crippen LogP contribution in [0.5, 0.6) is 0 Å². The lowest BCUT2D eigenvalue weighted by atomic mass is 9.79. The Kier molecular flexibility index (Phi) is 3.56. The second-order valence-corrected chi connectivity index (χ2v) is 7.32. The molecule has 3 nitrogen and oxygen atoms in total. The molecule has 21 heavy (non-hydrogen) atoms. The number of hydrogen-bond acceptors (Lipinski definition) is 2. The summed E-state index contributed by atoms with van der Waals surface area (Å²) in [5.41, 5.74) is 8.20. The third-order valence-corrected chi connectivity index (χ3v) is 5.05. The van der Waals surface area contributed by atoms with Crippen molar-refractivity contribution in [2.24, 2.45) is 5.73 Å². The quantitative estimate of drug-likeness (QED) is 0.925. The molecule has 2 fully saturated rings. The fraction of sp³-hybridized carbons (Fsp3) is 0.611. The highest BCUT2D eigenvalue weighted by Gasteiger charge is 2.41. The lowest BCUT2D eigenvalue weighted by molar-refractivity contribution is -0.135. The van der Waals surface area contributed by atoms with Crippen LogP contribution in [0.1, 0.15) is 50.7 Å². The zero-order chi connectivity index (χ0) is 15.1. The van der Waals surface area contributed by atoms with E-state index in [0.717, 1.165) is 50.8 Å². The molecule has 114 valence electrons. The van der Waals surface area contributed by atoms with Crippen LogP contribution in [0.25, 0.3) is 0 Å². The van der Waals surface area contributed by atoms with Gasteiger partial charge in [-0.3, -0.25) is 4.79 Å². The number of nitrogens with zero attached hydrogens (tertiary/aromatic N) is 1. The molecule has 1 saturated carbocycles. The molecular formula is C18H26N2O. The van der Waals surface area contributed by atoms with E-state index >= 15 is 0 Å². The summed E-state index contributed by atoms with van der Waals surface area (Å²) in [5.74, 6) is 0.259. The molecule has 3 heteroatoms. The van der Waals surface area contributed by atoms with E-state index in [1.807, 2.05) is 11.0 Å². The van der Waals surface area contributed by atoms with Crippen LogP contribution in [-0.2, 0) is 16.6 Å². The van der Waals surface area contributed by atoms with Gasteiger partial charge in [-0.05, 0) is 57.1 Å². The first kappa shape index (κ1) is 14.6. The molecule has 1 saturated heterocycles. The Balaban J connectivity index is 1.88.